The van der Waals surface area contributed by atoms with Crippen molar-refractivity contribution in [3.05, 3.63) is 0 Å². The quantitative estimate of drug-likeness (QED) is 0.853. The molecule has 23 heavy (non-hydrogen) atoms. The van der Waals surface area contributed by atoms with Crippen LogP contribution in [-0.4, -0.2) is 60.1 Å². The van der Waals surface area contributed by atoms with Crippen molar-refractivity contribution in [1.29, 1.82) is 0 Å². The summed E-state index contributed by atoms with van der Waals surface area (Å²) in [5, 5.41) is 3.52. The predicted molar refractivity (Wildman–Crippen MR) is 101 cm³/mol. The zero-order valence-corrected chi connectivity index (χ0v) is 16.8. The summed E-state index contributed by atoms with van der Waals surface area (Å²) in [6.45, 7) is 24.3. The summed E-state index contributed by atoms with van der Waals surface area (Å²) in [7, 11) is 0. The van der Waals surface area contributed by atoms with Crippen molar-refractivity contribution in [2.75, 3.05) is 39.3 Å². The van der Waals surface area contributed by atoms with E-state index < -0.39 is 0 Å². The smallest absolute Gasteiger partial charge is 0.0159 e. The molecule has 3 heteroatoms. The van der Waals surface area contributed by atoms with Crippen LogP contribution >= 0.6 is 0 Å². The molecular weight excluding hydrogens is 282 g/mol. The molecule has 0 radical (unpaired) electrons. The summed E-state index contributed by atoms with van der Waals surface area (Å²) in [6.07, 6.45) is 4.00. The average molecular weight is 324 g/mol. The molecule has 0 saturated carbocycles. The normalized spacial score (nSPS) is 24.1. The van der Waals surface area contributed by atoms with Crippen LogP contribution in [0.4, 0.5) is 0 Å². The van der Waals surface area contributed by atoms with Gasteiger partial charge in [-0.15, -0.1) is 0 Å². The van der Waals surface area contributed by atoms with Gasteiger partial charge in [0.1, 0.15) is 0 Å². The number of hydrogen-bond donors (Lipinski definition) is 1. The summed E-state index contributed by atoms with van der Waals surface area (Å²) >= 11 is 0. The van der Waals surface area contributed by atoms with Crippen LogP contribution in [0.15, 0.2) is 0 Å². The number of rotatable bonds is 4. The van der Waals surface area contributed by atoms with Crippen LogP contribution in [-0.2, 0) is 0 Å². The second kappa shape index (κ2) is 7.01. The van der Waals surface area contributed by atoms with Gasteiger partial charge in [0.25, 0.3) is 0 Å². The fraction of sp³-hybridized carbons (Fsp3) is 1.00. The summed E-state index contributed by atoms with van der Waals surface area (Å²) in [4.78, 5) is 5.38. The molecule has 2 aliphatic heterocycles. The Balaban J connectivity index is 1.93. The van der Waals surface area contributed by atoms with E-state index in [0.717, 1.165) is 5.92 Å². The number of nitrogens with one attached hydrogen (secondary N) is 1. The molecule has 0 atom stereocenters. The third-order valence-corrected chi connectivity index (χ3v) is 6.42. The molecule has 2 fully saturated rings. The van der Waals surface area contributed by atoms with E-state index in [-0.39, 0.29) is 0 Å². The Kier molecular flexibility index (Phi) is 5.86. The molecule has 0 spiro atoms. The van der Waals surface area contributed by atoms with Gasteiger partial charge in [0.15, 0.2) is 0 Å². The predicted octanol–water partition coefficient (Wildman–Crippen LogP) is 3.60. The number of piperidine rings is 1. The molecule has 136 valence electrons. The third-order valence-electron chi connectivity index (χ3n) is 6.42. The zero-order valence-electron chi connectivity index (χ0n) is 16.8. The fourth-order valence-corrected chi connectivity index (χ4v) is 4.96. The Morgan fingerprint density at radius 1 is 0.783 bits per heavy atom. The molecule has 2 aliphatic rings. The van der Waals surface area contributed by atoms with Crippen molar-refractivity contribution in [3.63, 3.8) is 0 Å². The Morgan fingerprint density at radius 3 is 1.74 bits per heavy atom. The minimum atomic E-state index is 0.304. The SMILES string of the molecule is CC(C)(CC(C)(C)N1CCN(C(C)(C)C)CC1)C1CCNCC1. The van der Waals surface area contributed by atoms with Gasteiger partial charge < -0.3 is 5.32 Å². The van der Waals surface area contributed by atoms with Crippen LogP contribution in [0, 0.1) is 11.3 Å². The first-order valence-corrected chi connectivity index (χ1v) is 9.73. The minimum absolute atomic E-state index is 0.304. The van der Waals surface area contributed by atoms with E-state index in [1.165, 1.54) is 58.5 Å². The van der Waals surface area contributed by atoms with Gasteiger partial charge in [0.2, 0.25) is 0 Å². The Hall–Kier alpha value is -0.120. The van der Waals surface area contributed by atoms with Crippen LogP contribution in [0.3, 0.4) is 0 Å². The van der Waals surface area contributed by atoms with Crippen molar-refractivity contribution in [1.82, 2.24) is 15.1 Å². The Morgan fingerprint density at radius 2 is 1.26 bits per heavy atom. The maximum absolute atomic E-state index is 3.52. The summed E-state index contributed by atoms with van der Waals surface area (Å²) in [6, 6.07) is 0. The molecule has 0 aliphatic carbocycles. The van der Waals surface area contributed by atoms with Gasteiger partial charge in [0, 0.05) is 37.3 Å². The lowest BCUT2D eigenvalue weighted by molar-refractivity contribution is -0.0135. The lowest BCUT2D eigenvalue weighted by atomic mass is 9.67. The Bertz CT molecular complexity index is 367. The van der Waals surface area contributed by atoms with Gasteiger partial charge >= 0.3 is 0 Å². The highest BCUT2D eigenvalue weighted by atomic mass is 15.3. The van der Waals surface area contributed by atoms with E-state index in [4.69, 9.17) is 0 Å². The van der Waals surface area contributed by atoms with E-state index in [1.807, 2.05) is 0 Å². The first-order chi connectivity index (χ1) is 10.5. The molecule has 0 unspecified atom stereocenters. The van der Waals surface area contributed by atoms with Gasteiger partial charge in [-0.25, -0.2) is 0 Å². The lowest BCUT2D eigenvalue weighted by Crippen LogP contribution is -2.59. The van der Waals surface area contributed by atoms with Crippen LogP contribution in [0.25, 0.3) is 0 Å². The lowest BCUT2D eigenvalue weighted by Gasteiger charge is -2.51. The van der Waals surface area contributed by atoms with E-state index in [9.17, 15) is 0 Å². The molecule has 0 aromatic heterocycles. The topological polar surface area (TPSA) is 18.5 Å². The van der Waals surface area contributed by atoms with Crippen LogP contribution < -0.4 is 5.32 Å². The monoisotopic (exact) mass is 323 g/mol. The number of hydrogen-bond acceptors (Lipinski definition) is 3. The van der Waals surface area contributed by atoms with Crippen molar-refractivity contribution in [2.45, 2.75) is 78.8 Å². The van der Waals surface area contributed by atoms with Gasteiger partial charge in [-0.05, 0) is 78.3 Å². The second-order valence-corrected chi connectivity index (χ2v) is 10.1. The average Bonchev–Trinajstić information content (AvgIpc) is 2.46. The van der Waals surface area contributed by atoms with Crippen molar-refractivity contribution in [3.8, 4) is 0 Å². The van der Waals surface area contributed by atoms with E-state index in [2.05, 4.69) is 63.6 Å². The summed E-state index contributed by atoms with van der Waals surface area (Å²) in [5.74, 6) is 0.874. The molecule has 2 rings (SSSR count). The second-order valence-electron chi connectivity index (χ2n) is 10.1. The van der Waals surface area contributed by atoms with Gasteiger partial charge in [0.05, 0.1) is 0 Å². The highest BCUT2D eigenvalue weighted by molar-refractivity contribution is 4.94. The highest BCUT2D eigenvalue weighted by Crippen LogP contribution is 2.41. The van der Waals surface area contributed by atoms with E-state index >= 15 is 0 Å². The van der Waals surface area contributed by atoms with Crippen molar-refractivity contribution < 1.29 is 0 Å². The summed E-state index contributed by atoms with van der Waals surface area (Å²) in [5.41, 5.74) is 1.05. The maximum Gasteiger partial charge on any atom is 0.0159 e. The van der Waals surface area contributed by atoms with Gasteiger partial charge in [-0.2, -0.15) is 0 Å². The number of nitrogens with zero attached hydrogens (tertiary/aromatic N) is 2. The highest BCUT2D eigenvalue weighted by Gasteiger charge is 2.40. The van der Waals surface area contributed by atoms with E-state index in [1.54, 1.807) is 0 Å². The molecule has 0 bridgehead atoms. The molecule has 2 saturated heterocycles. The molecule has 0 aromatic carbocycles. The standard InChI is InChI=1S/C20H41N3/c1-18(2,3)22-12-14-23(15-13-22)20(6,7)16-19(4,5)17-8-10-21-11-9-17/h17,21H,8-16H2,1-7H3. The van der Waals surface area contributed by atoms with Gasteiger partial charge in [-0.1, -0.05) is 13.8 Å². The molecule has 1 N–H and O–H groups in total. The molecular formula is C20H41N3. The van der Waals surface area contributed by atoms with Crippen LogP contribution in [0.2, 0.25) is 0 Å². The molecule has 0 amide bonds. The van der Waals surface area contributed by atoms with Crippen LogP contribution in [0.5, 0.6) is 0 Å². The van der Waals surface area contributed by atoms with Gasteiger partial charge in [-0.3, -0.25) is 9.80 Å². The molecule has 3 nitrogen and oxygen atoms in total. The number of piperazine rings is 1. The van der Waals surface area contributed by atoms with Crippen molar-refractivity contribution in [2.24, 2.45) is 11.3 Å². The zero-order chi connectivity index (χ0) is 17.3. The van der Waals surface area contributed by atoms with Crippen molar-refractivity contribution >= 4 is 0 Å². The Labute approximate surface area is 145 Å². The fourth-order valence-electron chi connectivity index (χ4n) is 4.96. The molecule has 2 heterocycles. The largest absolute Gasteiger partial charge is 0.317 e. The molecule has 0 aromatic rings. The maximum atomic E-state index is 3.52. The van der Waals surface area contributed by atoms with Crippen LogP contribution in [0.1, 0.15) is 67.7 Å². The summed E-state index contributed by atoms with van der Waals surface area (Å²) < 4.78 is 0. The first kappa shape index (κ1) is 19.2. The minimum Gasteiger partial charge on any atom is -0.317 e. The third kappa shape index (κ3) is 4.93. The first-order valence-electron chi connectivity index (χ1n) is 9.73. The van der Waals surface area contributed by atoms with E-state index in [0.29, 0.717) is 16.5 Å².